The largest absolute Gasteiger partial charge is 0.375 e. The van der Waals surface area contributed by atoms with Crippen LogP contribution < -0.4 is 5.32 Å². The maximum absolute atomic E-state index is 6.20. The molecule has 2 atom stereocenters. The van der Waals surface area contributed by atoms with Gasteiger partial charge in [0, 0.05) is 18.7 Å². The minimum absolute atomic E-state index is 0.209. The molecule has 2 heteroatoms. The fraction of sp³-hybridized carbons (Fsp3) is 0.684. The van der Waals surface area contributed by atoms with Gasteiger partial charge in [-0.3, -0.25) is 0 Å². The summed E-state index contributed by atoms with van der Waals surface area (Å²) in [4.78, 5) is 0. The van der Waals surface area contributed by atoms with Gasteiger partial charge in [0.2, 0.25) is 0 Å². The average molecular weight is 287 g/mol. The first-order chi connectivity index (χ1) is 10.3. The van der Waals surface area contributed by atoms with Crippen LogP contribution in [-0.4, -0.2) is 24.3 Å². The summed E-state index contributed by atoms with van der Waals surface area (Å²) in [7, 11) is 0. The van der Waals surface area contributed by atoms with E-state index in [2.05, 4.69) is 42.6 Å². The summed E-state index contributed by atoms with van der Waals surface area (Å²) in [5.41, 5.74) is 1.64. The molecule has 1 aliphatic heterocycles. The maximum atomic E-state index is 6.20. The van der Waals surface area contributed by atoms with Gasteiger partial charge in [-0.25, -0.2) is 0 Å². The van der Waals surface area contributed by atoms with Crippen LogP contribution in [-0.2, 0) is 11.2 Å². The number of benzene rings is 1. The molecule has 1 aromatic rings. The standard InChI is InChI=1S/C19H29NO/c1-16(14-17-8-4-2-5-9-17)20-18-10-13-21-19(15-18)11-6-3-7-12-19/h2,4-5,8-9,16,18,20H,3,6-7,10-15H2,1H3. The molecule has 0 radical (unpaired) electrons. The smallest absolute Gasteiger partial charge is 0.0697 e. The molecule has 116 valence electrons. The molecule has 2 aliphatic rings. The zero-order valence-corrected chi connectivity index (χ0v) is 13.3. The minimum Gasteiger partial charge on any atom is -0.375 e. The quantitative estimate of drug-likeness (QED) is 0.900. The molecule has 1 saturated carbocycles. The summed E-state index contributed by atoms with van der Waals surface area (Å²) in [5, 5.41) is 3.86. The lowest BCUT2D eigenvalue weighted by Gasteiger charge is -2.44. The first kappa shape index (κ1) is 15.1. The Hall–Kier alpha value is -0.860. The lowest BCUT2D eigenvalue weighted by Crippen LogP contribution is -2.50. The van der Waals surface area contributed by atoms with Crippen molar-refractivity contribution in [3.05, 3.63) is 35.9 Å². The summed E-state index contributed by atoms with van der Waals surface area (Å²) in [6.07, 6.45) is 10.2. The number of nitrogens with one attached hydrogen (secondary N) is 1. The second-order valence-corrected chi connectivity index (χ2v) is 7.04. The Morgan fingerprint density at radius 3 is 2.71 bits per heavy atom. The predicted molar refractivity (Wildman–Crippen MR) is 87.5 cm³/mol. The van der Waals surface area contributed by atoms with Crippen molar-refractivity contribution >= 4 is 0 Å². The minimum atomic E-state index is 0.209. The van der Waals surface area contributed by atoms with Crippen molar-refractivity contribution < 1.29 is 4.74 Å². The van der Waals surface area contributed by atoms with Crippen molar-refractivity contribution in [2.24, 2.45) is 0 Å². The molecule has 0 aromatic heterocycles. The van der Waals surface area contributed by atoms with Gasteiger partial charge in [0.25, 0.3) is 0 Å². The SMILES string of the molecule is CC(Cc1ccccc1)NC1CCOC2(CCCCC2)C1. The van der Waals surface area contributed by atoms with Crippen molar-refractivity contribution in [2.75, 3.05) is 6.61 Å². The van der Waals surface area contributed by atoms with Crippen LogP contribution in [0.15, 0.2) is 30.3 Å². The van der Waals surface area contributed by atoms with Crippen molar-refractivity contribution in [2.45, 2.75) is 76.0 Å². The van der Waals surface area contributed by atoms with Crippen molar-refractivity contribution in [1.29, 1.82) is 0 Å². The molecular formula is C19H29NO. The molecule has 0 bridgehead atoms. The molecule has 1 heterocycles. The van der Waals surface area contributed by atoms with Gasteiger partial charge in [-0.1, -0.05) is 49.6 Å². The van der Waals surface area contributed by atoms with Gasteiger partial charge in [-0.2, -0.15) is 0 Å². The van der Waals surface area contributed by atoms with E-state index in [-0.39, 0.29) is 5.60 Å². The molecule has 2 nitrogen and oxygen atoms in total. The normalized spacial score (nSPS) is 26.6. The van der Waals surface area contributed by atoms with Crippen LogP contribution in [0.5, 0.6) is 0 Å². The van der Waals surface area contributed by atoms with E-state index in [4.69, 9.17) is 4.74 Å². The fourth-order valence-electron chi connectivity index (χ4n) is 4.14. The molecule has 1 spiro atoms. The molecule has 3 rings (SSSR count). The summed E-state index contributed by atoms with van der Waals surface area (Å²) in [5.74, 6) is 0. The van der Waals surface area contributed by atoms with Crippen LogP contribution in [0.3, 0.4) is 0 Å². The van der Waals surface area contributed by atoms with Crippen molar-refractivity contribution in [3.8, 4) is 0 Å². The molecule has 0 amide bonds. The third-order valence-corrected chi connectivity index (χ3v) is 5.16. The van der Waals surface area contributed by atoms with Gasteiger partial charge in [0.05, 0.1) is 5.60 Å². The first-order valence-electron chi connectivity index (χ1n) is 8.70. The van der Waals surface area contributed by atoms with E-state index in [1.54, 1.807) is 0 Å². The predicted octanol–water partition coefficient (Wildman–Crippen LogP) is 4.09. The van der Waals surface area contributed by atoms with Crippen molar-refractivity contribution in [1.82, 2.24) is 5.32 Å². The molecule has 1 aromatic carbocycles. The van der Waals surface area contributed by atoms with Crippen LogP contribution in [0.2, 0.25) is 0 Å². The number of rotatable bonds is 4. The third-order valence-electron chi connectivity index (χ3n) is 5.16. The molecule has 1 saturated heterocycles. The van der Waals surface area contributed by atoms with Crippen LogP contribution in [0.25, 0.3) is 0 Å². The topological polar surface area (TPSA) is 21.3 Å². The zero-order valence-electron chi connectivity index (χ0n) is 13.3. The Kier molecular flexibility index (Phi) is 4.97. The Morgan fingerprint density at radius 2 is 1.95 bits per heavy atom. The summed E-state index contributed by atoms with van der Waals surface area (Å²) >= 11 is 0. The Morgan fingerprint density at radius 1 is 1.19 bits per heavy atom. The second-order valence-electron chi connectivity index (χ2n) is 7.04. The van der Waals surface area contributed by atoms with Gasteiger partial charge < -0.3 is 10.1 Å². The average Bonchev–Trinajstić information content (AvgIpc) is 2.49. The van der Waals surface area contributed by atoms with Gasteiger partial charge >= 0.3 is 0 Å². The highest BCUT2D eigenvalue weighted by Crippen LogP contribution is 2.38. The molecule has 2 fully saturated rings. The summed E-state index contributed by atoms with van der Waals surface area (Å²) < 4.78 is 6.20. The highest BCUT2D eigenvalue weighted by Gasteiger charge is 2.38. The van der Waals surface area contributed by atoms with E-state index in [1.165, 1.54) is 50.5 Å². The van der Waals surface area contributed by atoms with Crippen LogP contribution in [0.1, 0.15) is 57.4 Å². The van der Waals surface area contributed by atoms with E-state index in [9.17, 15) is 0 Å². The van der Waals surface area contributed by atoms with Crippen LogP contribution in [0.4, 0.5) is 0 Å². The van der Waals surface area contributed by atoms with Gasteiger partial charge in [-0.05, 0) is 44.6 Å². The number of hydrogen-bond donors (Lipinski definition) is 1. The molecule has 21 heavy (non-hydrogen) atoms. The Bertz CT molecular complexity index is 419. The highest BCUT2D eigenvalue weighted by atomic mass is 16.5. The van der Waals surface area contributed by atoms with Gasteiger partial charge in [0.15, 0.2) is 0 Å². The fourth-order valence-corrected chi connectivity index (χ4v) is 4.14. The lowest BCUT2D eigenvalue weighted by atomic mass is 9.78. The highest BCUT2D eigenvalue weighted by molar-refractivity contribution is 5.15. The zero-order chi connectivity index (χ0) is 14.5. The van der Waals surface area contributed by atoms with Crippen LogP contribution in [0, 0.1) is 0 Å². The Labute approximate surface area is 129 Å². The van der Waals surface area contributed by atoms with E-state index in [1.807, 2.05) is 0 Å². The second kappa shape index (κ2) is 6.93. The number of hydrogen-bond acceptors (Lipinski definition) is 2. The van der Waals surface area contributed by atoms with E-state index < -0.39 is 0 Å². The summed E-state index contributed by atoms with van der Waals surface area (Å²) in [6, 6.07) is 12.0. The van der Waals surface area contributed by atoms with Gasteiger partial charge in [-0.15, -0.1) is 0 Å². The maximum Gasteiger partial charge on any atom is 0.0697 e. The van der Waals surface area contributed by atoms with Crippen molar-refractivity contribution in [3.63, 3.8) is 0 Å². The van der Waals surface area contributed by atoms with E-state index in [0.29, 0.717) is 12.1 Å². The molecule has 1 aliphatic carbocycles. The molecule has 1 N–H and O–H groups in total. The third kappa shape index (κ3) is 4.08. The van der Waals surface area contributed by atoms with E-state index >= 15 is 0 Å². The molecular weight excluding hydrogens is 258 g/mol. The van der Waals surface area contributed by atoms with Gasteiger partial charge in [0.1, 0.15) is 0 Å². The number of ether oxygens (including phenoxy) is 1. The lowest BCUT2D eigenvalue weighted by molar-refractivity contribution is -0.109. The molecule has 2 unspecified atom stereocenters. The monoisotopic (exact) mass is 287 g/mol. The van der Waals surface area contributed by atoms with Crippen LogP contribution >= 0.6 is 0 Å². The Balaban J connectivity index is 1.52. The first-order valence-corrected chi connectivity index (χ1v) is 8.70. The summed E-state index contributed by atoms with van der Waals surface area (Å²) in [6.45, 7) is 3.26. The van der Waals surface area contributed by atoms with E-state index in [0.717, 1.165) is 13.0 Å².